The highest BCUT2D eigenvalue weighted by Crippen LogP contribution is 2.09. The minimum absolute atomic E-state index is 0.163. The van der Waals surface area contributed by atoms with Crippen LogP contribution in [0.4, 0.5) is 5.82 Å². The lowest BCUT2D eigenvalue weighted by Crippen LogP contribution is -2.26. The van der Waals surface area contributed by atoms with E-state index in [2.05, 4.69) is 15.6 Å². The fourth-order valence-corrected chi connectivity index (χ4v) is 1.91. The van der Waals surface area contributed by atoms with Crippen molar-refractivity contribution in [2.45, 2.75) is 6.42 Å². The van der Waals surface area contributed by atoms with Crippen LogP contribution in [0.5, 0.6) is 0 Å². The van der Waals surface area contributed by atoms with E-state index in [0.29, 0.717) is 30.1 Å². The first-order chi connectivity index (χ1) is 8.15. The molecule has 0 saturated heterocycles. The van der Waals surface area contributed by atoms with Crippen LogP contribution < -0.4 is 10.6 Å². The summed E-state index contributed by atoms with van der Waals surface area (Å²) in [4.78, 5) is 15.9. The number of carbonyl (C=O) groups excluding carboxylic acids is 1. The first kappa shape index (κ1) is 13.6. The van der Waals surface area contributed by atoms with Gasteiger partial charge in [-0.1, -0.05) is 0 Å². The number of pyridine rings is 1. The van der Waals surface area contributed by atoms with Crippen molar-refractivity contribution in [1.82, 2.24) is 10.3 Å². The highest BCUT2D eigenvalue weighted by Gasteiger charge is 2.10. The molecular weight excluding hydrogens is 238 g/mol. The number of nitrogens with zero attached hydrogens (tertiary/aromatic N) is 1. The van der Waals surface area contributed by atoms with Gasteiger partial charge in [-0.15, -0.1) is 0 Å². The van der Waals surface area contributed by atoms with Gasteiger partial charge in [0.2, 0.25) is 0 Å². The molecule has 2 N–H and O–H groups in total. The van der Waals surface area contributed by atoms with Crippen molar-refractivity contribution >= 4 is 22.5 Å². The molecule has 6 heteroatoms. The van der Waals surface area contributed by atoms with E-state index in [1.165, 1.54) is 0 Å². The van der Waals surface area contributed by atoms with Gasteiger partial charge >= 0.3 is 0 Å². The Morgan fingerprint density at radius 3 is 2.94 bits per heavy atom. The van der Waals surface area contributed by atoms with Gasteiger partial charge in [0.05, 0.1) is 5.56 Å². The molecule has 1 atom stereocenters. The molecule has 0 aliphatic rings. The number of rotatable bonds is 6. The Morgan fingerprint density at radius 1 is 1.53 bits per heavy atom. The number of carbonyl (C=O) groups is 1. The van der Waals surface area contributed by atoms with E-state index in [1.807, 2.05) is 0 Å². The second-order valence-electron chi connectivity index (χ2n) is 3.54. The van der Waals surface area contributed by atoms with Gasteiger partial charge in [0.15, 0.2) is 0 Å². The summed E-state index contributed by atoms with van der Waals surface area (Å²) in [7, 11) is 0.915. The minimum Gasteiger partial charge on any atom is -0.372 e. The largest absolute Gasteiger partial charge is 0.372 e. The van der Waals surface area contributed by atoms with E-state index in [0.717, 1.165) is 0 Å². The quantitative estimate of drug-likeness (QED) is 0.731. The van der Waals surface area contributed by atoms with Crippen LogP contribution in [0, 0.1) is 0 Å². The number of anilines is 1. The zero-order valence-electron chi connectivity index (χ0n) is 10.0. The molecule has 94 valence electrons. The first-order valence-corrected chi connectivity index (χ1v) is 7.09. The van der Waals surface area contributed by atoms with Crippen LogP contribution in [0.3, 0.4) is 0 Å². The standard InChI is InChI=1S/C11H17N3O2S/c1-12-10-9(5-3-6-13-10)11(15)14-7-4-8-17(2)16/h3,5-6H,4,7-8H2,1-2H3,(H,12,13)(H,14,15). The van der Waals surface area contributed by atoms with Gasteiger partial charge in [-0.2, -0.15) is 0 Å². The highest BCUT2D eigenvalue weighted by molar-refractivity contribution is 7.84. The average molecular weight is 255 g/mol. The Balaban J connectivity index is 2.49. The van der Waals surface area contributed by atoms with Gasteiger partial charge in [-0.05, 0) is 18.6 Å². The fraction of sp³-hybridized carbons (Fsp3) is 0.455. The molecule has 0 radical (unpaired) electrons. The summed E-state index contributed by atoms with van der Waals surface area (Å²) < 4.78 is 10.8. The van der Waals surface area contributed by atoms with Crippen molar-refractivity contribution in [2.24, 2.45) is 0 Å². The molecular formula is C11H17N3O2S. The smallest absolute Gasteiger partial charge is 0.255 e. The van der Waals surface area contributed by atoms with Crippen LogP contribution >= 0.6 is 0 Å². The maximum absolute atomic E-state index is 11.8. The molecule has 17 heavy (non-hydrogen) atoms. The van der Waals surface area contributed by atoms with Gasteiger partial charge in [-0.25, -0.2) is 4.98 Å². The Bertz CT molecular complexity index is 409. The van der Waals surface area contributed by atoms with E-state index in [-0.39, 0.29) is 5.91 Å². The zero-order valence-corrected chi connectivity index (χ0v) is 10.8. The van der Waals surface area contributed by atoms with E-state index < -0.39 is 10.8 Å². The molecule has 5 nitrogen and oxygen atoms in total. The second kappa shape index (κ2) is 7.01. The van der Waals surface area contributed by atoms with Gasteiger partial charge < -0.3 is 10.6 Å². The van der Waals surface area contributed by atoms with Crippen LogP contribution in [0.25, 0.3) is 0 Å². The number of hydrogen-bond acceptors (Lipinski definition) is 4. The summed E-state index contributed by atoms with van der Waals surface area (Å²) in [5.41, 5.74) is 0.521. The molecule has 1 rings (SSSR count). The van der Waals surface area contributed by atoms with Gasteiger partial charge in [-0.3, -0.25) is 9.00 Å². The summed E-state index contributed by atoms with van der Waals surface area (Å²) in [6, 6.07) is 3.43. The highest BCUT2D eigenvalue weighted by atomic mass is 32.2. The summed E-state index contributed by atoms with van der Waals surface area (Å²) >= 11 is 0. The number of aromatic nitrogens is 1. The Labute approximate surface area is 103 Å². The maximum atomic E-state index is 11.8. The molecule has 0 fully saturated rings. The summed E-state index contributed by atoms with van der Waals surface area (Å²) in [6.07, 6.45) is 3.99. The average Bonchev–Trinajstić information content (AvgIpc) is 2.34. The van der Waals surface area contributed by atoms with Crippen molar-refractivity contribution in [2.75, 3.05) is 30.9 Å². The predicted molar refractivity (Wildman–Crippen MR) is 69.7 cm³/mol. The molecule has 1 aromatic heterocycles. The van der Waals surface area contributed by atoms with Gasteiger partial charge in [0.25, 0.3) is 5.91 Å². The molecule has 0 aliphatic heterocycles. The lowest BCUT2D eigenvalue weighted by molar-refractivity contribution is 0.0954. The van der Waals surface area contributed by atoms with Crippen molar-refractivity contribution in [1.29, 1.82) is 0 Å². The van der Waals surface area contributed by atoms with Crippen LogP contribution in [-0.2, 0) is 10.8 Å². The van der Waals surface area contributed by atoms with Gasteiger partial charge in [0.1, 0.15) is 5.82 Å². The number of hydrogen-bond donors (Lipinski definition) is 2. The molecule has 1 heterocycles. The summed E-state index contributed by atoms with van der Waals surface area (Å²) in [6.45, 7) is 0.524. The van der Waals surface area contributed by atoms with E-state index in [4.69, 9.17) is 0 Å². The summed E-state index contributed by atoms with van der Waals surface area (Å²) in [5.74, 6) is 1.00. The topological polar surface area (TPSA) is 71.1 Å². The third-order valence-electron chi connectivity index (χ3n) is 2.18. The Hall–Kier alpha value is -1.43. The Morgan fingerprint density at radius 2 is 2.29 bits per heavy atom. The molecule has 1 unspecified atom stereocenters. The van der Waals surface area contributed by atoms with Crippen LogP contribution in [0.15, 0.2) is 18.3 Å². The number of amides is 1. The van der Waals surface area contributed by atoms with Crippen molar-refractivity contribution in [3.05, 3.63) is 23.9 Å². The third kappa shape index (κ3) is 4.52. The maximum Gasteiger partial charge on any atom is 0.255 e. The van der Waals surface area contributed by atoms with E-state index in [9.17, 15) is 9.00 Å². The van der Waals surface area contributed by atoms with Gasteiger partial charge in [0, 0.05) is 42.6 Å². The molecule has 0 saturated carbocycles. The lowest BCUT2D eigenvalue weighted by Gasteiger charge is -2.08. The van der Waals surface area contributed by atoms with Crippen LogP contribution in [0.1, 0.15) is 16.8 Å². The van der Waals surface area contributed by atoms with E-state index >= 15 is 0 Å². The molecule has 0 aromatic carbocycles. The minimum atomic E-state index is -0.807. The molecule has 0 spiro atoms. The Kier molecular flexibility index (Phi) is 5.62. The van der Waals surface area contributed by atoms with Crippen molar-refractivity contribution < 1.29 is 9.00 Å². The lowest BCUT2D eigenvalue weighted by atomic mass is 10.2. The second-order valence-corrected chi connectivity index (χ2v) is 5.09. The first-order valence-electron chi connectivity index (χ1n) is 5.36. The molecule has 1 aromatic rings. The zero-order chi connectivity index (χ0) is 12.7. The van der Waals surface area contributed by atoms with Crippen LogP contribution in [0.2, 0.25) is 0 Å². The molecule has 0 bridgehead atoms. The van der Waals surface area contributed by atoms with Crippen molar-refractivity contribution in [3.63, 3.8) is 0 Å². The normalized spacial score (nSPS) is 11.9. The molecule has 0 aliphatic carbocycles. The number of nitrogens with one attached hydrogen (secondary N) is 2. The predicted octanol–water partition coefficient (Wildman–Crippen LogP) is 0.622. The monoisotopic (exact) mass is 255 g/mol. The van der Waals surface area contributed by atoms with E-state index in [1.54, 1.807) is 31.6 Å². The SMILES string of the molecule is CNc1ncccc1C(=O)NCCCS(C)=O. The summed E-state index contributed by atoms with van der Waals surface area (Å²) in [5, 5.41) is 5.64. The van der Waals surface area contributed by atoms with Crippen LogP contribution in [-0.4, -0.2) is 40.7 Å². The third-order valence-corrected chi connectivity index (χ3v) is 3.05. The van der Waals surface area contributed by atoms with Crippen molar-refractivity contribution in [3.8, 4) is 0 Å². The molecule has 1 amide bonds. The fourth-order valence-electron chi connectivity index (χ4n) is 1.36.